The molecule has 0 atom stereocenters. The maximum absolute atomic E-state index is 3.89. The fraction of sp³-hybridized carbons (Fsp3) is 0. The summed E-state index contributed by atoms with van der Waals surface area (Å²) in [6, 6.07) is 0. The summed E-state index contributed by atoms with van der Waals surface area (Å²) in [4.78, 5) is 0. The molecular formula is HCl3PS-3. The minimum absolute atomic E-state index is 0. The lowest BCUT2D eigenvalue weighted by atomic mass is 30.6. The van der Waals surface area contributed by atoms with E-state index in [1.54, 1.807) is 0 Å². The lowest BCUT2D eigenvalue weighted by Crippen LogP contribution is -3.00. The Morgan fingerprint density at radius 1 is 0.800 bits per heavy atom. The van der Waals surface area contributed by atoms with E-state index in [-0.39, 0.29) is 37.2 Å². The quantitative estimate of drug-likeness (QED) is 0.326. The highest BCUT2D eigenvalue weighted by molar-refractivity contribution is 7.88. The van der Waals surface area contributed by atoms with Crippen molar-refractivity contribution in [3.8, 4) is 0 Å². The first-order valence-electron chi connectivity index (χ1n) is 0.204. The van der Waals surface area contributed by atoms with E-state index in [9.17, 15) is 0 Å². The van der Waals surface area contributed by atoms with Crippen molar-refractivity contribution in [3.63, 3.8) is 0 Å². The normalized spacial score (nSPS) is 0.800. The molecular weight excluding hydrogens is 169 g/mol. The maximum Gasteiger partial charge on any atom is -0.0437 e. The van der Waals surface area contributed by atoms with Crippen molar-refractivity contribution in [3.05, 3.63) is 0 Å². The second-order valence-electron chi connectivity index (χ2n) is 0. The zero-order chi connectivity index (χ0) is 2.00. The summed E-state index contributed by atoms with van der Waals surface area (Å²) in [7, 11) is 2.56. The highest BCUT2D eigenvalue weighted by atomic mass is 35.5. The Labute approximate surface area is 57.2 Å². The van der Waals surface area contributed by atoms with E-state index in [4.69, 9.17) is 0 Å². The van der Waals surface area contributed by atoms with Gasteiger partial charge in [0.2, 0.25) is 0 Å². The highest BCUT2D eigenvalue weighted by Crippen LogP contribution is 1.26. The molecule has 0 fully saturated rings. The standard InChI is InChI=1S/3ClH.HPS/c;;;1-2/h3*1H;1H/p-3. The van der Waals surface area contributed by atoms with Crippen LogP contribution < -0.4 is 37.2 Å². The number of rotatable bonds is 0. The van der Waals surface area contributed by atoms with Gasteiger partial charge in [-0.2, -0.15) is 0 Å². The van der Waals surface area contributed by atoms with Crippen molar-refractivity contribution in [2.24, 2.45) is 0 Å². The third kappa shape index (κ3) is 32.1. The molecule has 0 aliphatic carbocycles. The molecule has 0 saturated heterocycles. The van der Waals surface area contributed by atoms with Crippen LogP contribution in [0.1, 0.15) is 0 Å². The second kappa shape index (κ2) is 53.8. The van der Waals surface area contributed by atoms with E-state index in [1.165, 1.54) is 0 Å². The summed E-state index contributed by atoms with van der Waals surface area (Å²) in [6.45, 7) is 0. The van der Waals surface area contributed by atoms with Crippen molar-refractivity contribution in [2.45, 2.75) is 0 Å². The van der Waals surface area contributed by atoms with Crippen molar-refractivity contribution in [1.82, 2.24) is 0 Å². The summed E-state index contributed by atoms with van der Waals surface area (Å²) in [6.07, 6.45) is 0. The smallest absolute Gasteiger partial charge is 0.0437 e. The van der Waals surface area contributed by atoms with Crippen LogP contribution in [-0.2, 0) is 11.8 Å². The lowest BCUT2D eigenvalue weighted by molar-refractivity contribution is -0.00100. The van der Waals surface area contributed by atoms with Gasteiger partial charge in [0, 0.05) is 0 Å². The number of hydrogen-bond donors (Lipinski definition) is 0. The predicted molar refractivity (Wildman–Crippen MR) is 15.7 cm³/mol. The summed E-state index contributed by atoms with van der Waals surface area (Å²) >= 11 is 3.89. The summed E-state index contributed by atoms with van der Waals surface area (Å²) in [5.41, 5.74) is 0. The molecule has 0 aliphatic heterocycles. The highest BCUT2D eigenvalue weighted by Gasteiger charge is 0.655. The molecule has 0 spiro atoms. The van der Waals surface area contributed by atoms with Crippen LogP contribution in [0.3, 0.4) is 0 Å². The lowest BCUT2D eigenvalue weighted by Gasteiger charge is -1.00. The van der Waals surface area contributed by atoms with Gasteiger partial charge >= 0.3 is 0 Å². The Hall–Kier alpha value is 1.39. The Morgan fingerprint density at radius 3 is 0.800 bits per heavy atom. The first-order chi connectivity index (χ1) is 1.00. The van der Waals surface area contributed by atoms with Crippen LogP contribution in [-0.4, -0.2) is 0 Å². The molecule has 0 aromatic heterocycles. The fourth-order valence-electron chi connectivity index (χ4n) is 0. The van der Waals surface area contributed by atoms with E-state index < -0.39 is 0 Å². The fourth-order valence-corrected chi connectivity index (χ4v) is 0. The molecule has 0 aromatic carbocycles. The molecule has 0 bridgehead atoms. The molecule has 0 heterocycles. The Morgan fingerprint density at radius 2 is 0.800 bits per heavy atom. The average molecular weight is 170 g/mol. The molecule has 0 aromatic rings. The van der Waals surface area contributed by atoms with Gasteiger partial charge in [-0.25, -0.2) is 0 Å². The Bertz CT molecular complexity index is 6.85. The molecule has 0 unspecified atom stereocenters. The van der Waals surface area contributed by atoms with E-state index in [1.807, 2.05) is 0 Å². The van der Waals surface area contributed by atoms with Gasteiger partial charge in [0.1, 0.15) is 0 Å². The molecule has 0 amide bonds. The Kier molecular flexibility index (Phi) is 349. The minimum Gasteiger partial charge on any atom is -1.00 e. The molecule has 36 valence electrons. The predicted octanol–water partition coefficient (Wildman–Crippen LogP) is -8.40. The average Bonchev–Trinajstić information content (AvgIpc) is 1.00. The second-order valence-corrected chi connectivity index (χ2v) is 0. The molecule has 0 radical (unpaired) electrons. The van der Waals surface area contributed by atoms with Gasteiger partial charge in [-0.1, -0.05) is 11.8 Å². The van der Waals surface area contributed by atoms with Crippen molar-refractivity contribution in [1.29, 1.82) is 0 Å². The molecule has 0 aliphatic rings. The molecule has 0 nitrogen and oxygen atoms in total. The Balaban J connectivity index is -0.00000000167. The summed E-state index contributed by atoms with van der Waals surface area (Å²) < 4.78 is 0. The van der Waals surface area contributed by atoms with Crippen LogP contribution in [0.25, 0.3) is 0 Å². The van der Waals surface area contributed by atoms with Gasteiger partial charge in [0.15, 0.2) is 0 Å². The third-order valence-electron chi connectivity index (χ3n) is 0. The molecule has 5 heteroatoms. The largest absolute Gasteiger partial charge is 1.00 e. The van der Waals surface area contributed by atoms with Gasteiger partial charge in [-0.05, 0) is 8.02 Å². The summed E-state index contributed by atoms with van der Waals surface area (Å²) in [5.74, 6) is 0. The van der Waals surface area contributed by atoms with E-state index in [2.05, 4.69) is 19.8 Å². The van der Waals surface area contributed by atoms with Crippen molar-refractivity contribution < 1.29 is 37.2 Å². The molecule has 0 rings (SSSR count). The molecule has 0 saturated carbocycles. The van der Waals surface area contributed by atoms with Gasteiger partial charge in [-0.3, -0.25) is 0 Å². The SMILES string of the molecule is P=S.[Cl-].[Cl-].[Cl-]. The topological polar surface area (TPSA) is 0 Å². The van der Waals surface area contributed by atoms with Gasteiger partial charge in [0.05, 0.1) is 0 Å². The van der Waals surface area contributed by atoms with E-state index >= 15 is 0 Å². The first-order valence-corrected chi connectivity index (χ1v) is 1.84. The number of hydrogen-bond acceptors (Lipinski definition) is 1. The zero-order valence-electron chi connectivity index (χ0n) is 2.04. The van der Waals surface area contributed by atoms with E-state index in [0.717, 1.165) is 0 Å². The van der Waals surface area contributed by atoms with Crippen LogP contribution in [0.2, 0.25) is 0 Å². The first kappa shape index (κ1) is 32.5. The monoisotopic (exact) mass is 169 g/mol. The minimum atomic E-state index is 0. The zero-order valence-corrected chi connectivity index (χ0v) is 6.13. The van der Waals surface area contributed by atoms with E-state index in [0.29, 0.717) is 0 Å². The summed E-state index contributed by atoms with van der Waals surface area (Å²) in [5, 5.41) is 0. The molecule has 5 heavy (non-hydrogen) atoms. The molecule has 0 N–H and O–H groups in total. The van der Waals surface area contributed by atoms with Gasteiger partial charge < -0.3 is 37.2 Å². The number of halogens is 3. The van der Waals surface area contributed by atoms with Gasteiger partial charge in [0.25, 0.3) is 0 Å². The van der Waals surface area contributed by atoms with Crippen molar-refractivity contribution in [2.75, 3.05) is 0 Å². The maximum atomic E-state index is 3.89. The third-order valence-corrected chi connectivity index (χ3v) is 0. The van der Waals surface area contributed by atoms with Crippen LogP contribution in [0.4, 0.5) is 0 Å². The van der Waals surface area contributed by atoms with Gasteiger partial charge in [-0.15, -0.1) is 0 Å². The van der Waals surface area contributed by atoms with Crippen molar-refractivity contribution >= 4 is 19.8 Å². The van der Waals surface area contributed by atoms with Crippen LogP contribution >= 0.6 is 8.02 Å². The van der Waals surface area contributed by atoms with Crippen LogP contribution in [0.5, 0.6) is 0 Å². The van der Waals surface area contributed by atoms with Crippen LogP contribution in [0, 0.1) is 0 Å². The van der Waals surface area contributed by atoms with Crippen LogP contribution in [0.15, 0.2) is 0 Å².